The molecule has 1 spiro atoms. The number of likely N-dealkylation sites (N-methyl/N-ethyl adjacent to an activating group) is 1. The number of aliphatic carboxylic acids is 1. The van der Waals surface area contributed by atoms with Gasteiger partial charge in [0.2, 0.25) is 6.29 Å². The van der Waals surface area contributed by atoms with Crippen LogP contribution in [0.1, 0.15) is 38.3 Å². The third-order valence-corrected chi connectivity index (χ3v) is 9.27. The number of carboxylic acids is 1. The summed E-state index contributed by atoms with van der Waals surface area (Å²) in [5.41, 5.74) is 1.82. The molecule has 2 saturated heterocycles. The quantitative estimate of drug-likeness (QED) is 0.270. The number of piperidine rings is 1. The number of carbonyl (C=O) groups excluding carboxylic acids is 3. The van der Waals surface area contributed by atoms with E-state index in [1.54, 1.807) is 7.11 Å². The minimum atomic E-state index is -1.79. The van der Waals surface area contributed by atoms with Crippen LogP contribution in [-0.4, -0.2) is 104 Å². The number of ether oxygens (including phenoxy) is 7. The molecule has 43 heavy (non-hydrogen) atoms. The number of carbonyl (C=O) groups is 4. The number of hydrogen-bond donors (Lipinski definition) is 1. The summed E-state index contributed by atoms with van der Waals surface area (Å²) in [6, 6.07) is 4.22. The summed E-state index contributed by atoms with van der Waals surface area (Å²) in [6.07, 6.45) is -3.65. The Morgan fingerprint density at radius 1 is 0.977 bits per heavy atom. The molecule has 0 unspecified atom stereocenters. The van der Waals surface area contributed by atoms with Gasteiger partial charge in [0.25, 0.3) is 0 Å². The van der Waals surface area contributed by atoms with Crippen molar-refractivity contribution in [2.45, 2.75) is 88.0 Å². The van der Waals surface area contributed by atoms with E-state index in [2.05, 4.69) is 24.1 Å². The molecular formula is C30H35NO12. The molecule has 6 rings (SSSR count). The fourth-order valence-corrected chi connectivity index (χ4v) is 7.72. The Labute approximate surface area is 247 Å². The number of benzene rings is 1. The third-order valence-electron chi connectivity index (χ3n) is 9.27. The Morgan fingerprint density at radius 3 is 2.30 bits per heavy atom. The minimum absolute atomic E-state index is 0.113. The van der Waals surface area contributed by atoms with E-state index in [0.717, 1.165) is 45.7 Å². The zero-order valence-corrected chi connectivity index (χ0v) is 24.5. The van der Waals surface area contributed by atoms with Crippen molar-refractivity contribution in [2.24, 2.45) is 5.92 Å². The molecule has 1 N–H and O–H groups in total. The fraction of sp³-hybridized carbons (Fsp3) is 0.600. The van der Waals surface area contributed by atoms with Crippen LogP contribution in [0, 0.1) is 5.92 Å². The molecule has 1 aromatic rings. The maximum Gasteiger partial charge on any atom is 0.337 e. The van der Waals surface area contributed by atoms with Crippen LogP contribution >= 0.6 is 0 Å². The Balaban J connectivity index is 1.40. The molecule has 0 radical (unpaired) electrons. The predicted octanol–water partition coefficient (Wildman–Crippen LogP) is 1.13. The zero-order chi connectivity index (χ0) is 30.8. The molecule has 0 amide bonds. The van der Waals surface area contributed by atoms with Crippen molar-refractivity contribution < 1.29 is 57.4 Å². The van der Waals surface area contributed by atoms with Crippen molar-refractivity contribution in [1.29, 1.82) is 0 Å². The van der Waals surface area contributed by atoms with Gasteiger partial charge in [0.1, 0.15) is 12.2 Å². The van der Waals surface area contributed by atoms with Gasteiger partial charge in [-0.25, -0.2) is 4.79 Å². The maximum atomic E-state index is 12.3. The van der Waals surface area contributed by atoms with Crippen molar-refractivity contribution in [2.75, 3.05) is 20.7 Å². The molecule has 10 atom stereocenters. The lowest BCUT2D eigenvalue weighted by atomic mass is 9.53. The SMILES string of the molecule is COc1ccc2c3c1O[C@H]1[C@@H](O[C@@H]4O[C@H](C(=O)O)[C@@H](OC(C)=O)[C@H](OC(C)=O)[C@H]4OC(C)=O)C=C[C@H]4[C@@H](C2)N(C)CC[C@@]341. The van der Waals surface area contributed by atoms with Gasteiger partial charge in [-0.2, -0.15) is 0 Å². The van der Waals surface area contributed by atoms with Crippen LogP contribution in [0.4, 0.5) is 0 Å². The monoisotopic (exact) mass is 601 g/mol. The van der Waals surface area contributed by atoms with Gasteiger partial charge in [0, 0.05) is 43.7 Å². The Morgan fingerprint density at radius 2 is 1.65 bits per heavy atom. The number of hydrogen-bond acceptors (Lipinski definition) is 12. The molecule has 2 fully saturated rings. The van der Waals surface area contributed by atoms with E-state index >= 15 is 0 Å². The first-order chi connectivity index (χ1) is 20.5. The Kier molecular flexibility index (Phi) is 7.38. The van der Waals surface area contributed by atoms with E-state index in [4.69, 9.17) is 33.2 Å². The molecule has 1 aromatic carbocycles. The van der Waals surface area contributed by atoms with Crippen LogP contribution in [0.25, 0.3) is 0 Å². The maximum absolute atomic E-state index is 12.3. The van der Waals surface area contributed by atoms with E-state index < -0.39 is 72.2 Å². The molecule has 232 valence electrons. The van der Waals surface area contributed by atoms with Gasteiger partial charge < -0.3 is 43.2 Å². The Hall–Kier alpha value is -3.68. The van der Waals surface area contributed by atoms with Gasteiger partial charge >= 0.3 is 23.9 Å². The molecule has 13 nitrogen and oxygen atoms in total. The Bertz CT molecular complexity index is 1380. The lowest BCUT2D eigenvalue weighted by Gasteiger charge is -2.57. The molecule has 0 saturated carbocycles. The van der Waals surface area contributed by atoms with Crippen molar-refractivity contribution >= 4 is 23.9 Å². The largest absolute Gasteiger partial charge is 0.493 e. The van der Waals surface area contributed by atoms with Gasteiger partial charge in [-0.3, -0.25) is 14.4 Å². The van der Waals surface area contributed by atoms with Gasteiger partial charge in [0.15, 0.2) is 35.9 Å². The highest BCUT2D eigenvalue weighted by Crippen LogP contribution is 2.62. The highest BCUT2D eigenvalue weighted by Gasteiger charge is 2.65. The van der Waals surface area contributed by atoms with Gasteiger partial charge in [-0.1, -0.05) is 18.2 Å². The summed E-state index contributed by atoms with van der Waals surface area (Å²) in [4.78, 5) is 51.0. The molecule has 5 aliphatic rings. The predicted molar refractivity (Wildman–Crippen MR) is 144 cm³/mol. The molecule has 0 aromatic heterocycles. The summed E-state index contributed by atoms with van der Waals surface area (Å²) in [5, 5.41) is 10.0. The lowest BCUT2D eigenvalue weighted by Crippen LogP contribution is -2.67. The number of esters is 3. The number of methoxy groups -OCH3 is 1. The first-order valence-corrected chi connectivity index (χ1v) is 14.3. The van der Waals surface area contributed by atoms with E-state index in [0.29, 0.717) is 11.5 Å². The highest BCUT2D eigenvalue weighted by atomic mass is 16.7. The minimum Gasteiger partial charge on any atom is -0.493 e. The van der Waals surface area contributed by atoms with Crippen molar-refractivity contribution in [3.05, 3.63) is 35.4 Å². The standard InChI is InChI=1S/C30H35NO12/c1-13(32)38-23-24(39-14(2)33)26(40-15(3)34)29(43-25(23)28(35)36)41-20-9-7-17-18-12-16-6-8-19(37-5)22-21(16)30(17,27(20)42-22)10-11-31(18)4/h6-9,17-18,20,23-27,29H,10-12H2,1-5H3,(H,35,36)/t17-,18+,20-,23-,24-,25-,26+,27-,29+,30-/m0/s1. The average molecular weight is 602 g/mol. The van der Waals surface area contributed by atoms with Gasteiger partial charge in [-0.05, 0) is 38.1 Å². The highest BCUT2D eigenvalue weighted by molar-refractivity contribution is 5.75. The first kappa shape index (κ1) is 29.4. The summed E-state index contributed by atoms with van der Waals surface area (Å²) in [6.45, 7) is 4.15. The van der Waals surface area contributed by atoms with Gasteiger partial charge in [0.05, 0.1) is 7.11 Å². The molecular weight excluding hydrogens is 566 g/mol. The van der Waals surface area contributed by atoms with Gasteiger partial charge in [-0.15, -0.1) is 0 Å². The number of nitrogens with zero attached hydrogens (tertiary/aromatic N) is 1. The lowest BCUT2D eigenvalue weighted by molar-refractivity contribution is -0.312. The number of likely N-dealkylation sites (tertiary alicyclic amines) is 1. The molecule has 3 aliphatic heterocycles. The van der Waals surface area contributed by atoms with Crippen LogP contribution in [0.15, 0.2) is 24.3 Å². The average Bonchev–Trinajstić information content (AvgIpc) is 3.29. The normalized spacial score (nSPS) is 37.0. The molecule has 3 heterocycles. The van der Waals surface area contributed by atoms with E-state index in [9.17, 15) is 24.3 Å². The van der Waals surface area contributed by atoms with E-state index in [1.165, 1.54) is 5.56 Å². The second-order valence-electron chi connectivity index (χ2n) is 11.7. The first-order valence-electron chi connectivity index (χ1n) is 14.3. The number of carboxylic acid groups (broad SMARTS) is 1. The smallest absolute Gasteiger partial charge is 0.337 e. The third kappa shape index (κ3) is 4.64. The topological polar surface area (TPSA) is 156 Å². The van der Waals surface area contributed by atoms with E-state index in [1.807, 2.05) is 12.1 Å². The van der Waals surface area contributed by atoms with Crippen LogP contribution in [-0.2, 0) is 54.7 Å². The second-order valence-corrected chi connectivity index (χ2v) is 11.7. The zero-order valence-electron chi connectivity index (χ0n) is 24.5. The summed E-state index contributed by atoms with van der Waals surface area (Å²) < 4.78 is 40.9. The van der Waals surface area contributed by atoms with E-state index in [-0.39, 0.29) is 12.0 Å². The van der Waals surface area contributed by atoms with Crippen LogP contribution in [0.3, 0.4) is 0 Å². The van der Waals surface area contributed by atoms with Crippen LogP contribution in [0.5, 0.6) is 11.5 Å². The second kappa shape index (κ2) is 10.8. The summed E-state index contributed by atoms with van der Waals surface area (Å²) in [5.74, 6) is -2.52. The summed E-state index contributed by atoms with van der Waals surface area (Å²) >= 11 is 0. The van der Waals surface area contributed by atoms with Crippen molar-refractivity contribution in [1.82, 2.24) is 4.90 Å². The fourth-order valence-electron chi connectivity index (χ4n) is 7.72. The molecule has 2 aliphatic carbocycles. The number of rotatable bonds is 7. The van der Waals surface area contributed by atoms with Crippen molar-refractivity contribution in [3.8, 4) is 11.5 Å². The summed E-state index contributed by atoms with van der Waals surface area (Å²) in [7, 11) is 3.71. The van der Waals surface area contributed by atoms with Crippen molar-refractivity contribution in [3.63, 3.8) is 0 Å². The van der Waals surface area contributed by atoms with Crippen LogP contribution < -0.4 is 9.47 Å². The molecule has 2 bridgehead atoms. The van der Waals surface area contributed by atoms with Crippen LogP contribution in [0.2, 0.25) is 0 Å². The molecule has 13 heteroatoms.